The van der Waals surface area contributed by atoms with Gasteiger partial charge in [-0.05, 0) is 57.9 Å². The van der Waals surface area contributed by atoms with Crippen molar-refractivity contribution in [3.05, 3.63) is 93.6 Å². The summed E-state index contributed by atoms with van der Waals surface area (Å²) in [5.41, 5.74) is 6.58. The number of nitrogens with one attached hydrogen (secondary N) is 1. The summed E-state index contributed by atoms with van der Waals surface area (Å²) in [7, 11) is 0. The third kappa shape index (κ3) is 4.98. The zero-order chi connectivity index (χ0) is 23.5. The van der Waals surface area contributed by atoms with Crippen molar-refractivity contribution in [3.8, 4) is 5.75 Å². The van der Waals surface area contributed by atoms with Crippen LogP contribution in [0, 0.1) is 34.6 Å². The Balaban J connectivity index is 1.51. The molecular weight excluding hydrogens is 416 g/mol. The molecule has 4 aromatic rings. The third-order valence-corrected chi connectivity index (χ3v) is 5.61. The number of anilines is 1. The van der Waals surface area contributed by atoms with Crippen molar-refractivity contribution in [2.24, 2.45) is 0 Å². The molecule has 4 rings (SSSR count). The molecule has 0 saturated heterocycles. The van der Waals surface area contributed by atoms with Crippen molar-refractivity contribution < 1.29 is 14.1 Å². The van der Waals surface area contributed by atoms with Crippen LogP contribution in [0.25, 0.3) is 0 Å². The minimum absolute atomic E-state index is 0.187. The Hall–Kier alpha value is -3.87. The average Bonchev–Trinajstić information content (AvgIpc) is 3.26. The van der Waals surface area contributed by atoms with Crippen LogP contribution in [0.15, 0.2) is 53.1 Å². The van der Waals surface area contributed by atoms with Crippen LogP contribution in [0.3, 0.4) is 0 Å². The largest absolute Gasteiger partial charge is 0.489 e. The molecule has 170 valence electrons. The van der Waals surface area contributed by atoms with Gasteiger partial charge in [-0.2, -0.15) is 5.10 Å². The number of nitrogens with zero attached hydrogens (tertiary/aromatic N) is 3. The highest BCUT2D eigenvalue weighted by atomic mass is 16.5. The summed E-state index contributed by atoms with van der Waals surface area (Å²) < 4.78 is 13.1. The number of aromatic nitrogens is 3. The molecule has 0 aliphatic carbocycles. The van der Waals surface area contributed by atoms with Crippen LogP contribution in [0.2, 0.25) is 0 Å². The Morgan fingerprint density at radius 3 is 2.48 bits per heavy atom. The highest BCUT2D eigenvalue weighted by molar-refractivity contribution is 6.04. The Kier molecular flexibility index (Phi) is 6.31. The monoisotopic (exact) mass is 444 g/mol. The van der Waals surface area contributed by atoms with Gasteiger partial charge in [-0.3, -0.25) is 9.48 Å². The molecule has 0 aliphatic rings. The molecule has 0 aliphatic heterocycles. The molecule has 0 bridgehead atoms. The Bertz CT molecular complexity index is 1300. The fraction of sp³-hybridized carbons (Fsp3) is 0.269. The molecule has 1 amide bonds. The summed E-state index contributed by atoms with van der Waals surface area (Å²) in [6, 6.07) is 16.1. The van der Waals surface area contributed by atoms with E-state index in [-0.39, 0.29) is 18.2 Å². The normalized spacial score (nSPS) is 10.9. The predicted molar refractivity (Wildman–Crippen MR) is 127 cm³/mol. The molecule has 0 fully saturated rings. The molecule has 7 heteroatoms. The Labute approximate surface area is 193 Å². The van der Waals surface area contributed by atoms with Crippen LogP contribution >= 0.6 is 0 Å². The minimum atomic E-state index is -0.351. The van der Waals surface area contributed by atoms with Gasteiger partial charge < -0.3 is 14.6 Å². The van der Waals surface area contributed by atoms with E-state index in [0.717, 1.165) is 28.3 Å². The molecule has 2 heterocycles. The number of amides is 1. The zero-order valence-electron chi connectivity index (χ0n) is 19.6. The van der Waals surface area contributed by atoms with Gasteiger partial charge in [0, 0.05) is 0 Å². The maximum absolute atomic E-state index is 13.1. The quantitative estimate of drug-likeness (QED) is 0.419. The number of ether oxygens (including phenoxy) is 1. The van der Waals surface area contributed by atoms with E-state index in [1.54, 1.807) is 6.92 Å². The van der Waals surface area contributed by atoms with Crippen molar-refractivity contribution in [2.75, 3.05) is 5.32 Å². The highest BCUT2D eigenvalue weighted by Gasteiger charge is 2.23. The summed E-state index contributed by atoms with van der Waals surface area (Å²) >= 11 is 0. The van der Waals surface area contributed by atoms with Gasteiger partial charge in [0.1, 0.15) is 18.1 Å². The van der Waals surface area contributed by atoms with E-state index in [9.17, 15) is 4.79 Å². The number of rotatable bonds is 7. The SMILES string of the molecule is Cc1cccc(Cn2nc(C)c(NC(=O)c3noc(C)c3COc3cccc(C)c3)c2C)c1. The first-order chi connectivity index (χ1) is 15.8. The topological polar surface area (TPSA) is 82.2 Å². The lowest BCUT2D eigenvalue weighted by Gasteiger charge is -2.09. The molecule has 2 aromatic carbocycles. The van der Waals surface area contributed by atoms with Crippen LogP contribution in [0.4, 0.5) is 5.69 Å². The van der Waals surface area contributed by atoms with E-state index >= 15 is 0 Å². The lowest BCUT2D eigenvalue weighted by atomic mass is 10.1. The summed E-state index contributed by atoms with van der Waals surface area (Å²) in [5, 5.41) is 11.6. The summed E-state index contributed by atoms with van der Waals surface area (Å²) in [4.78, 5) is 13.1. The van der Waals surface area contributed by atoms with Gasteiger partial charge in [-0.15, -0.1) is 0 Å². The molecule has 0 saturated carbocycles. The molecule has 0 unspecified atom stereocenters. The van der Waals surface area contributed by atoms with E-state index < -0.39 is 0 Å². The third-order valence-electron chi connectivity index (χ3n) is 5.61. The van der Waals surface area contributed by atoms with Gasteiger partial charge in [0.2, 0.25) is 0 Å². The van der Waals surface area contributed by atoms with E-state index in [2.05, 4.69) is 40.7 Å². The first-order valence-electron chi connectivity index (χ1n) is 10.9. The first kappa shape index (κ1) is 22.3. The predicted octanol–water partition coefficient (Wildman–Crippen LogP) is 5.29. The van der Waals surface area contributed by atoms with Gasteiger partial charge in [-0.25, -0.2) is 0 Å². The van der Waals surface area contributed by atoms with Crippen molar-refractivity contribution in [1.29, 1.82) is 0 Å². The molecular formula is C26H28N4O3. The smallest absolute Gasteiger partial charge is 0.278 e. The Morgan fingerprint density at radius 1 is 1.03 bits per heavy atom. The van der Waals surface area contributed by atoms with Crippen LogP contribution in [0.5, 0.6) is 5.75 Å². The number of hydrogen-bond acceptors (Lipinski definition) is 5. The van der Waals surface area contributed by atoms with Gasteiger partial charge in [0.05, 0.1) is 29.2 Å². The van der Waals surface area contributed by atoms with Gasteiger partial charge in [0.15, 0.2) is 5.69 Å². The van der Waals surface area contributed by atoms with Crippen LogP contribution in [-0.2, 0) is 13.2 Å². The zero-order valence-corrected chi connectivity index (χ0v) is 19.6. The van der Waals surface area contributed by atoms with Gasteiger partial charge in [-0.1, -0.05) is 47.1 Å². The first-order valence-corrected chi connectivity index (χ1v) is 10.9. The van der Waals surface area contributed by atoms with Crippen molar-refractivity contribution in [1.82, 2.24) is 14.9 Å². The van der Waals surface area contributed by atoms with E-state index in [1.165, 1.54) is 5.56 Å². The minimum Gasteiger partial charge on any atom is -0.489 e. The highest BCUT2D eigenvalue weighted by Crippen LogP contribution is 2.24. The molecule has 0 radical (unpaired) electrons. The molecule has 33 heavy (non-hydrogen) atoms. The van der Waals surface area contributed by atoms with Crippen molar-refractivity contribution >= 4 is 11.6 Å². The molecule has 2 aromatic heterocycles. The maximum Gasteiger partial charge on any atom is 0.278 e. The maximum atomic E-state index is 13.1. The van der Waals surface area contributed by atoms with E-state index in [4.69, 9.17) is 9.26 Å². The second kappa shape index (κ2) is 9.32. The number of carbonyl (C=O) groups excluding carboxylic acids is 1. The fourth-order valence-corrected chi connectivity index (χ4v) is 3.79. The lowest BCUT2D eigenvalue weighted by molar-refractivity contribution is 0.101. The summed E-state index contributed by atoms with van der Waals surface area (Å²) in [5.74, 6) is 0.929. The number of benzene rings is 2. The lowest BCUT2D eigenvalue weighted by Crippen LogP contribution is -2.16. The molecule has 0 spiro atoms. The second-order valence-corrected chi connectivity index (χ2v) is 8.32. The average molecular weight is 445 g/mol. The fourth-order valence-electron chi connectivity index (χ4n) is 3.79. The molecule has 1 N–H and O–H groups in total. The van der Waals surface area contributed by atoms with E-state index in [1.807, 2.05) is 55.8 Å². The standard InChI is InChI=1S/C26H28N4O3/c1-16-8-6-10-21(12-16)14-30-19(4)24(18(3)28-30)27-26(31)25-23(20(5)33-29-25)15-32-22-11-7-9-17(2)13-22/h6-13H,14-15H2,1-5H3,(H,27,31). The Morgan fingerprint density at radius 2 is 1.76 bits per heavy atom. The van der Waals surface area contributed by atoms with Gasteiger partial charge in [0.25, 0.3) is 5.91 Å². The summed E-state index contributed by atoms with van der Waals surface area (Å²) in [6.07, 6.45) is 0. The van der Waals surface area contributed by atoms with Crippen LogP contribution in [0.1, 0.15) is 49.9 Å². The number of carbonyl (C=O) groups is 1. The molecule has 0 atom stereocenters. The van der Waals surface area contributed by atoms with Crippen LogP contribution in [-0.4, -0.2) is 20.8 Å². The van der Waals surface area contributed by atoms with Crippen LogP contribution < -0.4 is 10.1 Å². The number of hydrogen-bond donors (Lipinski definition) is 1. The van der Waals surface area contributed by atoms with Crippen molar-refractivity contribution in [3.63, 3.8) is 0 Å². The molecule has 7 nitrogen and oxygen atoms in total. The number of aryl methyl sites for hydroxylation is 4. The summed E-state index contributed by atoms with van der Waals surface area (Å²) in [6.45, 7) is 10.5. The van der Waals surface area contributed by atoms with Crippen molar-refractivity contribution in [2.45, 2.75) is 47.8 Å². The van der Waals surface area contributed by atoms with Gasteiger partial charge >= 0.3 is 0 Å². The van der Waals surface area contributed by atoms with E-state index in [0.29, 0.717) is 23.6 Å². The second-order valence-electron chi connectivity index (χ2n) is 8.32.